The van der Waals surface area contributed by atoms with Crippen molar-refractivity contribution in [3.05, 3.63) is 109 Å². The Bertz CT molecular complexity index is 1680. The molecule has 3 aromatic carbocycles. The van der Waals surface area contributed by atoms with Gasteiger partial charge < -0.3 is 0 Å². The van der Waals surface area contributed by atoms with E-state index in [1.54, 1.807) is 85.8 Å². The van der Waals surface area contributed by atoms with Crippen molar-refractivity contribution in [2.45, 2.75) is 29.6 Å². The summed E-state index contributed by atoms with van der Waals surface area (Å²) >= 11 is 0. The van der Waals surface area contributed by atoms with Crippen LogP contribution in [0.5, 0.6) is 0 Å². The van der Waals surface area contributed by atoms with E-state index < -0.39 is 20.0 Å². The van der Waals surface area contributed by atoms with Gasteiger partial charge in [-0.1, -0.05) is 66.6 Å². The van der Waals surface area contributed by atoms with Crippen LogP contribution in [0.4, 0.5) is 0 Å². The summed E-state index contributed by atoms with van der Waals surface area (Å²) in [6.45, 7) is 5.68. The van der Waals surface area contributed by atoms with Crippen molar-refractivity contribution in [1.82, 2.24) is 8.28 Å². The van der Waals surface area contributed by atoms with Gasteiger partial charge in [-0.2, -0.15) is 4.31 Å². The van der Waals surface area contributed by atoms with Gasteiger partial charge in [0.2, 0.25) is 10.0 Å². The van der Waals surface area contributed by atoms with Gasteiger partial charge in [0.15, 0.2) is 0 Å². The molecule has 0 aliphatic rings. The lowest BCUT2D eigenvalue weighted by atomic mass is 10.1. The lowest BCUT2D eigenvalue weighted by molar-refractivity contribution is 0.449. The third-order valence-electron chi connectivity index (χ3n) is 6.08. The average molecular weight is 533 g/mol. The van der Waals surface area contributed by atoms with Crippen molar-refractivity contribution in [1.29, 1.82) is 0 Å². The summed E-state index contributed by atoms with van der Waals surface area (Å²) in [7, 11) is -7.71. The smallest absolute Gasteiger partial charge is 0.237 e. The van der Waals surface area contributed by atoms with E-state index in [9.17, 15) is 16.8 Å². The van der Waals surface area contributed by atoms with E-state index >= 15 is 0 Å². The molecule has 4 rings (SSSR count). The number of benzene rings is 3. The standard InChI is InChI=1S/C29H28N2O4S2/c1-3-5-22-30(36(32,33)24-15-8-6-9-16-24)23-21-27-26-19-12-13-20-29(26)31(28(27)14-4-2)37(34,35)25-17-10-7-11-18-25/h4,6-13,15-20H,2,14,21-23H2,1H3. The van der Waals surface area contributed by atoms with Crippen LogP contribution in [0, 0.1) is 11.8 Å². The topological polar surface area (TPSA) is 76.5 Å². The van der Waals surface area contributed by atoms with Crippen molar-refractivity contribution in [2.75, 3.05) is 13.1 Å². The number of para-hydroxylation sites is 1. The van der Waals surface area contributed by atoms with Crippen molar-refractivity contribution >= 4 is 30.9 Å². The highest BCUT2D eigenvalue weighted by Gasteiger charge is 2.28. The quantitative estimate of drug-likeness (QED) is 0.216. The van der Waals surface area contributed by atoms with Gasteiger partial charge in [0.25, 0.3) is 10.0 Å². The zero-order chi connectivity index (χ0) is 26.5. The lowest BCUT2D eigenvalue weighted by Crippen LogP contribution is -2.33. The molecular weight excluding hydrogens is 504 g/mol. The third kappa shape index (κ3) is 5.25. The summed E-state index contributed by atoms with van der Waals surface area (Å²) in [5.41, 5.74) is 1.88. The van der Waals surface area contributed by atoms with Crippen LogP contribution in [0.2, 0.25) is 0 Å². The fourth-order valence-corrected chi connectivity index (χ4v) is 7.32. The second-order valence-electron chi connectivity index (χ2n) is 8.35. The molecule has 0 fully saturated rings. The molecule has 0 saturated heterocycles. The minimum Gasteiger partial charge on any atom is -0.237 e. The zero-order valence-corrected chi connectivity index (χ0v) is 22.2. The summed E-state index contributed by atoms with van der Waals surface area (Å²) < 4.78 is 57.1. The molecule has 8 heteroatoms. The highest BCUT2D eigenvalue weighted by atomic mass is 32.2. The van der Waals surface area contributed by atoms with Crippen LogP contribution in [-0.2, 0) is 32.9 Å². The van der Waals surface area contributed by atoms with Gasteiger partial charge in [-0.25, -0.2) is 20.8 Å². The van der Waals surface area contributed by atoms with E-state index in [1.807, 2.05) is 12.1 Å². The van der Waals surface area contributed by atoms with Gasteiger partial charge in [-0.15, -0.1) is 12.5 Å². The Morgan fingerprint density at radius 3 is 2.08 bits per heavy atom. The molecule has 0 N–H and O–H groups in total. The summed E-state index contributed by atoms with van der Waals surface area (Å²) in [5, 5.41) is 0.762. The predicted octanol–water partition coefficient (Wildman–Crippen LogP) is 4.86. The third-order valence-corrected chi connectivity index (χ3v) is 9.71. The van der Waals surface area contributed by atoms with E-state index in [2.05, 4.69) is 18.4 Å². The molecule has 0 unspecified atom stereocenters. The molecule has 0 radical (unpaired) electrons. The zero-order valence-electron chi connectivity index (χ0n) is 20.5. The number of hydrogen-bond acceptors (Lipinski definition) is 4. The lowest BCUT2D eigenvalue weighted by Gasteiger charge is -2.20. The Hall–Kier alpha value is -3.64. The normalized spacial score (nSPS) is 11.8. The van der Waals surface area contributed by atoms with Crippen LogP contribution in [0.15, 0.2) is 107 Å². The molecule has 190 valence electrons. The van der Waals surface area contributed by atoms with Gasteiger partial charge in [0.05, 0.1) is 21.9 Å². The molecule has 6 nitrogen and oxygen atoms in total. The van der Waals surface area contributed by atoms with Crippen molar-refractivity contribution < 1.29 is 16.8 Å². The maximum Gasteiger partial charge on any atom is 0.268 e. The molecule has 0 spiro atoms. The van der Waals surface area contributed by atoms with Crippen molar-refractivity contribution in [2.24, 2.45) is 0 Å². The Morgan fingerprint density at radius 1 is 0.865 bits per heavy atom. The molecule has 37 heavy (non-hydrogen) atoms. The Labute approximate surface area is 219 Å². The van der Waals surface area contributed by atoms with Crippen molar-refractivity contribution in [3.63, 3.8) is 0 Å². The van der Waals surface area contributed by atoms with Gasteiger partial charge in [-0.3, -0.25) is 0 Å². The van der Waals surface area contributed by atoms with E-state index in [1.165, 1.54) is 8.28 Å². The molecule has 4 aromatic rings. The van der Waals surface area contributed by atoms with E-state index in [0.717, 1.165) is 10.9 Å². The fourth-order valence-electron chi connectivity index (χ4n) is 4.35. The highest BCUT2D eigenvalue weighted by Crippen LogP contribution is 2.32. The summed E-state index contributed by atoms with van der Waals surface area (Å²) in [5.74, 6) is 5.64. The van der Waals surface area contributed by atoms with Gasteiger partial charge in [0, 0.05) is 24.0 Å². The molecule has 0 atom stereocenters. The summed E-state index contributed by atoms with van der Waals surface area (Å²) in [6.07, 6.45) is 2.27. The van der Waals surface area contributed by atoms with Crippen LogP contribution in [0.3, 0.4) is 0 Å². The minimum absolute atomic E-state index is 0.0332. The largest absolute Gasteiger partial charge is 0.268 e. The molecule has 0 aliphatic heterocycles. The number of sulfonamides is 1. The number of allylic oxidation sites excluding steroid dienone is 1. The van der Waals surface area contributed by atoms with Crippen molar-refractivity contribution in [3.8, 4) is 11.8 Å². The first-order chi connectivity index (χ1) is 17.8. The summed E-state index contributed by atoms with van der Waals surface area (Å²) in [6, 6.07) is 23.8. The Balaban J connectivity index is 1.83. The average Bonchev–Trinajstić information content (AvgIpc) is 3.23. The first kappa shape index (κ1) is 26.4. The first-order valence-corrected chi connectivity index (χ1v) is 14.7. The van der Waals surface area contributed by atoms with Gasteiger partial charge in [0.1, 0.15) is 0 Å². The monoisotopic (exact) mass is 532 g/mol. The number of hydrogen-bond donors (Lipinski definition) is 0. The molecule has 0 amide bonds. The molecule has 0 bridgehead atoms. The van der Waals surface area contributed by atoms with Gasteiger partial charge >= 0.3 is 0 Å². The molecule has 1 heterocycles. The minimum atomic E-state index is -3.91. The number of nitrogens with zero attached hydrogens (tertiary/aromatic N) is 2. The van der Waals surface area contributed by atoms with Crippen LogP contribution >= 0.6 is 0 Å². The Kier molecular flexibility index (Phi) is 7.98. The van der Waals surface area contributed by atoms with E-state index in [4.69, 9.17) is 0 Å². The van der Waals surface area contributed by atoms with Crippen LogP contribution in [0.25, 0.3) is 10.9 Å². The number of fused-ring (bicyclic) bond motifs is 1. The maximum absolute atomic E-state index is 13.8. The maximum atomic E-state index is 13.8. The number of rotatable bonds is 10. The highest BCUT2D eigenvalue weighted by molar-refractivity contribution is 7.90. The van der Waals surface area contributed by atoms with E-state index in [-0.39, 0.29) is 22.9 Å². The first-order valence-electron chi connectivity index (χ1n) is 11.8. The van der Waals surface area contributed by atoms with E-state index in [0.29, 0.717) is 24.1 Å². The molecular formula is C29H28N2O4S2. The second-order valence-corrected chi connectivity index (χ2v) is 12.1. The molecule has 1 aromatic heterocycles. The number of aromatic nitrogens is 1. The molecule has 0 aliphatic carbocycles. The summed E-state index contributed by atoms with van der Waals surface area (Å²) in [4.78, 5) is 0.368. The molecule has 0 saturated carbocycles. The van der Waals surface area contributed by atoms with Gasteiger partial charge in [-0.05, 0) is 49.2 Å². The van der Waals surface area contributed by atoms with Crippen LogP contribution in [-0.4, -0.2) is 38.2 Å². The fraction of sp³-hybridized carbons (Fsp3) is 0.172. The van der Waals surface area contributed by atoms with Crippen LogP contribution in [0.1, 0.15) is 18.2 Å². The second kappa shape index (κ2) is 11.2. The van der Waals surface area contributed by atoms with Crippen LogP contribution < -0.4 is 0 Å². The Morgan fingerprint density at radius 2 is 1.46 bits per heavy atom. The SMILES string of the molecule is C=CCc1c(CCN(CC#CC)S(=O)(=O)c2ccccc2)c2ccccc2n1S(=O)(=O)c1ccccc1. The predicted molar refractivity (Wildman–Crippen MR) is 147 cm³/mol.